The van der Waals surface area contributed by atoms with Crippen LogP contribution >= 0.6 is 0 Å². The molecule has 1 fully saturated rings. The molecule has 27 heavy (non-hydrogen) atoms. The maximum absolute atomic E-state index is 13.8. The van der Waals surface area contributed by atoms with E-state index in [4.69, 9.17) is 0 Å². The van der Waals surface area contributed by atoms with Gasteiger partial charge in [-0.25, -0.2) is 8.78 Å². The van der Waals surface area contributed by atoms with E-state index in [2.05, 4.69) is 10.2 Å². The van der Waals surface area contributed by atoms with E-state index in [-0.39, 0.29) is 23.8 Å². The summed E-state index contributed by atoms with van der Waals surface area (Å²) in [5, 5.41) is 7.88. The molecule has 2 heterocycles. The van der Waals surface area contributed by atoms with Crippen molar-refractivity contribution in [1.82, 2.24) is 19.3 Å². The minimum Gasteiger partial charge on any atom is -0.306 e. The number of benzene rings is 1. The topological polar surface area (TPSA) is 69.8 Å². The largest absolute Gasteiger partial charge is 0.316 e. The highest BCUT2D eigenvalue weighted by Crippen LogP contribution is 2.29. The van der Waals surface area contributed by atoms with Gasteiger partial charge in [-0.2, -0.15) is 10.2 Å². The Labute approximate surface area is 152 Å². The maximum Gasteiger partial charge on any atom is 0.316 e. The van der Waals surface area contributed by atoms with Crippen molar-refractivity contribution in [1.29, 1.82) is 0 Å². The van der Waals surface area contributed by atoms with Gasteiger partial charge in [0.1, 0.15) is 0 Å². The average Bonchev–Trinajstić information content (AvgIpc) is 2.63. The summed E-state index contributed by atoms with van der Waals surface area (Å²) < 4.78 is 29.9. The van der Waals surface area contributed by atoms with Crippen LogP contribution in [0, 0.1) is 11.6 Å². The van der Waals surface area contributed by atoms with Gasteiger partial charge >= 0.3 is 11.1 Å². The summed E-state index contributed by atoms with van der Waals surface area (Å²) in [6.07, 6.45) is 6.06. The molecule has 0 radical (unpaired) electrons. The van der Waals surface area contributed by atoms with Crippen molar-refractivity contribution in [2.45, 2.75) is 31.8 Å². The van der Waals surface area contributed by atoms with Gasteiger partial charge in [0, 0.05) is 24.0 Å². The molecular weight excluding hydrogens is 354 g/mol. The second-order valence-corrected chi connectivity index (χ2v) is 6.54. The highest BCUT2D eigenvalue weighted by atomic mass is 19.2. The highest BCUT2D eigenvalue weighted by Gasteiger charge is 2.21. The number of aromatic nitrogens is 4. The van der Waals surface area contributed by atoms with Crippen LogP contribution in [0.25, 0.3) is 11.3 Å². The maximum atomic E-state index is 13.8. The quantitative estimate of drug-likeness (QED) is 0.662. The minimum atomic E-state index is -0.990. The van der Waals surface area contributed by atoms with Crippen LogP contribution in [0.15, 0.2) is 52.3 Å². The van der Waals surface area contributed by atoms with Crippen LogP contribution in [-0.2, 0) is 6.54 Å². The molecular formula is C19H16F2N4O2. The molecule has 4 rings (SSSR count). The van der Waals surface area contributed by atoms with Crippen molar-refractivity contribution in [3.05, 3.63) is 80.8 Å². The second-order valence-electron chi connectivity index (χ2n) is 6.54. The lowest BCUT2D eigenvalue weighted by atomic mass is 9.93. The molecule has 0 unspecified atom stereocenters. The third kappa shape index (κ3) is 3.18. The monoisotopic (exact) mass is 370 g/mol. The Morgan fingerprint density at radius 1 is 1.00 bits per heavy atom. The Hall–Kier alpha value is -3.16. The smallest absolute Gasteiger partial charge is 0.306 e. The average molecular weight is 370 g/mol. The van der Waals surface area contributed by atoms with Crippen LogP contribution in [0.4, 0.5) is 8.78 Å². The summed E-state index contributed by atoms with van der Waals surface area (Å²) in [5.41, 5.74) is -0.545. The molecule has 0 saturated heterocycles. The standard InChI is InChI=1S/C19H16F2N4O2/c20-15-6-2-5-14(17(15)21)16-8-7-12(22-23-16)11-24-9-10-25(13-3-1-4-13)19(27)18(24)26/h2,5-10,13H,1,3-4,11H2. The van der Waals surface area contributed by atoms with E-state index in [0.717, 1.165) is 25.3 Å². The molecule has 8 heteroatoms. The van der Waals surface area contributed by atoms with Gasteiger partial charge in [0.2, 0.25) is 0 Å². The lowest BCUT2D eigenvalue weighted by Gasteiger charge is -2.27. The minimum absolute atomic E-state index is 0.00862. The van der Waals surface area contributed by atoms with Crippen molar-refractivity contribution in [2.24, 2.45) is 0 Å². The van der Waals surface area contributed by atoms with E-state index in [1.54, 1.807) is 18.5 Å². The molecule has 0 bridgehead atoms. The molecule has 0 atom stereocenters. The van der Waals surface area contributed by atoms with Gasteiger partial charge in [-0.3, -0.25) is 9.59 Å². The van der Waals surface area contributed by atoms with E-state index in [1.807, 2.05) is 0 Å². The first kappa shape index (κ1) is 17.3. The molecule has 6 nitrogen and oxygen atoms in total. The van der Waals surface area contributed by atoms with Crippen LogP contribution in [0.5, 0.6) is 0 Å². The van der Waals surface area contributed by atoms with E-state index >= 15 is 0 Å². The molecule has 1 aliphatic rings. The summed E-state index contributed by atoms with van der Waals surface area (Å²) in [6, 6.07) is 7.00. The fraction of sp³-hybridized carbons (Fsp3) is 0.263. The summed E-state index contributed by atoms with van der Waals surface area (Å²) in [5.74, 6) is -1.95. The zero-order chi connectivity index (χ0) is 19.0. The molecule has 1 aromatic carbocycles. The molecule has 0 N–H and O–H groups in total. The summed E-state index contributed by atoms with van der Waals surface area (Å²) in [4.78, 5) is 24.5. The van der Waals surface area contributed by atoms with Gasteiger partial charge in [-0.15, -0.1) is 0 Å². The molecule has 0 spiro atoms. The van der Waals surface area contributed by atoms with Crippen LogP contribution in [0.3, 0.4) is 0 Å². The van der Waals surface area contributed by atoms with Crippen LogP contribution in [-0.4, -0.2) is 19.3 Å². The van der Waals surface area contributed by atoms with Gasteiger partial charge in [0.05, 0.1) is 17.9 Å². The third-order valence-electron chi connectivity index (χ3n) is 4.83. The Kier molecular flexibility index (Phi) is 4.39. The Morgan fingerprint density at radius 2 is 1.81 bits per heavy atom. The predicted molar refractivity (Wildman–Crippen MR) is 94.3 cm³/mol. The van der Waals surface area contributed by atoms with Gasteiger partial charge in [-0.05, 0) is 43.5 Å². The fourth-order valence-electron chi connectivity index (χ4n) is 3.06. The second kappa shape index (κ2) is 6.86. The van der Waals surface area contributed by atoms with Crippen molar-refractivity contribution in [2.75, 3.05) is 0 Å². The number of halogens is 2. The molecule has 0 aliphatic heterocycles. The Bertz CT molecular complexity index is 1100. The third-order valence-corrected chi connectivity index (χ3v) is 4.83. The summed E-state index contributed by atoms with van der Waals surface area (Å²) >= 11 is 0. The molecule has 2 aromatic heterocycles. The van der Waals surface area contributed by atoms with Gasteiger partial charge in [-0.1, -0.05) is 6.07 Å². The Balaban J connectivity index is 1.59. The zero-order valence-corrected chi connectivity index (χ0v) is 14.3. The van der Waals surface area contributed by atoms with Gasteiger partial charge in [0.25, 0.3) is 0 Å². The van der Waals surface area contributed by atoms with E-state index < -0.39 is 22.8 Å². The van der Waals surface area contributed by atoms with Crippen LogP contribution in [0.2, 0.25) is 0 Å². The van der Waals surface area contributed by atoms with E-state index in [9.17, 15) is 18.4 Å². The fourth-order valence-corrected chi connectivity index (χ4v) is 3.06. The number of hydrogen-bond donors (Lipinski definition) is 0. The highest BCUT2D eigenvalue weighted by molar-refractivity contribution is 5.59. The van der Waals surface area contributed by atoms with Crippen molar-refractivity contribution >= 4 is 0 Å². The zero-order valence-electron chi connectivity index (χ0n) is 14.3. The first-order valence-electron chi connectivity index (χ1n) is 8.63. The number of rotatable bonds is 4. The summed E-state index contributed by atoms with van der Waals surface area (Å²) in [6.45, 7) is 0.0679. The molecule has 138 valence electrons. The van der Waals surface area contributed by atoms with Gasteiger partial charge < -0.3 is 9.13 Å². The van der Waals surface area contributed by atoms with Crippen molar-refractivity contribution in [3.8, 4) is 11.3 Å². The van der Waals surface area contributed by atoms with E-state index in [0.29, 0.717) is 5.69 Å². The molecule has 0 amide bonds. The first-order chi connectivity index (χ1) is 13.0. The lowest BCUT2D eigenvalue weighted by Crippen LogP contribution is -2.43. The molecule has 1 aliphatic carbocycles. The molecule has 3 aromatic rings. The van der Waals surface area contributed by atoms with Crippen molar-refractivity contribution in [3.63, 3.8) is 0 Å². The van der Waals surface area contributed by atoms with Crippen LogP contribution in [0.1, 0.15) is 31.0 Å². The first-order valence-corrected chi connectivity index (χ1v) is 8.63. The lowest BCUT2D eigenvalue weighted by molar-refractivity contribution is 0.303. The summed E-state index contributed by atoms with van der Waals surface area (Å²) in [7, 11) is 0. The Morgan fingerprint density at radius 3 is 2.48 bits per heavy atom. The number of hydrogen-bond acceptors (Lipinski definition) is 4. The van der Waals surface area contributed by atoms with Crippen molar-refractivity contribution < 1.29 is 8.78 Å². The number of nitrogens with zero attached hydrogens (tertiary/aromatic N) is 4. The predicted octanol–water partition coefficient (Wildman–Crippen LogP) is 2.52. The SMILES string of the molecule is O=c1c(=O)n(C2CCC2)ccn1Cc1ccc(-c2cccc(F)c2F)nn1. The van der Waals surface area contributed by atoms with E-state index in [1.165, 1.54) is 27.3 Å². The van der Waals surface area contributed by atoms with Crippen LogP contribution < -0.4 is 11.1 Å². The molecule has 1 saturated carbocycles. The van der Waals surface area contributed by atoms with Gasteiger partial charge in [0.15, 0.2) is 11.6 Å². The normalized spacial score (nSPS) is 14.1.